The number of hydrogen-bond donors (Lipinski definition) is 1. The fourth-order valence-electron chi connectivity index (χ4n) is 7.02. The van der Waals surface area contributed by atoms with Crippen LogP contribution in [0.2, 0.25) is 0 Å². The van der Waals surface area contributed by atoms with Crippen molar-refractivity contribution >= 4 is 6.29 Å². The number of ether oxygens (including phenoxy) is 3. The van der Waals surface area contributed by atoms with Crippen molar-refractivity contribution in [2.75, 3.05) is 13.7 Å². The Balaban J connectivity index is 1.48. The SMILES string of the molecule is CCOC(OC)Oc1cc(C(O)C#Cc2ccccc2C=O)ccc1C12CC3CC(CC(C3)C1)C2. The molecule has 0 radical (unpaired) electrons. The van der Waals surface area contributed by atoms with E-state index < -0.39 is 12.6 Å². The first-order chi connectivity index (χ1) is 17.0. The maximum absolute atomic E-state index is 11.3. The molecule has 0 saturated heterocycles. The van der Waals surface area contributed by atoms with Gasteiger partial charge in [-0.25, -0.2) is 0 Å². The molecule has 0 spiro atoms. The van der Waals surface area contributed by atoms with Crippen LogP contribution in [0.25, 0.3) is 0 Å². The van der Waals surface area contributed by atoms with E-state index in [2.05, 4.69) is 17.9 Å². The molecule has 4 aliphatic carbocycles. The van der Waals surface area contributed by atoms with Crippen molar-refractivity contribution in [2.45, 2.75) is 63.4 Å². The van der Waals surface area contributed by atoms with E-state index >= 15 is 0 Å². The molecule has 2 aromatic rings. The van der Waals surface area contributed by atoms with Gasteiger partial charge >= 0.3 is 6.48 Å². The maximum Gasteiger partial charge on any atom is 0.315 e. The van der Waals surface area contributed by atoms with Gasteiger partial charge < -0.3 is 19.3 Å². The van der Waals surface area contributed by atoms with Gasteiger partial charge in [-0.05, 0) is 86.3 Å². The largest absolute Gasteiger partial charge is 0.441 e. The first-order valence-corrected chi connectivity index (χ1v) is 12.7. The number of carbonyl (C=O) groups excluding carboxylic acids is 1. The van der Waals surface area contributed by atoms with Gasteiger partial charge in [0.2, 0.25) is 0 Å². The molecule has 4 bridgehead atoms. The highest BCUT2D eigenvalue weighted by Crippen LogP contribution is 2.62. The lowest BCUT2D eigenvalue weighted by atomic mass is 9.48. The number of methoxy groups -OCH3 is 1. The van der Waals surface area contributed by atoms with Gasteiger partial charge in [0.05, 0.1) is 6.61 Å². The van der Waals surface area contributed by atoms with Gasteiger partial charge in [0.15, 0.2) is 6.29 Å². The summed E-state index contributed by atoms with van der Waals surface area (Å²) in [4.78, 5) is 11.3. The van der Waals surface area contributed by atoms with Gasteiger partial charge in [-0.1, -0.05) is 42.2 Å². The fraction of sp³-hybridized carbons (Fsp3) is 0.500. The summed E-state index contributed by atoms with van der Waals surface area (Å²) >= 11 is 0. The summed E-state index contributed by atoms with van der Waals surface area (Å²) in [7, 11) is 1.57. The molecular formula is C30H34O5. The predicted molar refractivity (Wildman–Crippen MR) is 133 cm³/mol. The van der Waals surface area contributed by atoms with Crippen molar-refractivity contribution in [2.24, 2.45) is 17.8 Å². The van der Waals surface area contributed by atoms with E-state index in [1.165, 1.54) is 44.1 Å². The molecule has 0 amide bonds. The van der Waals surface area contributed by atoms with Crippen LogP contribution in [0, 0.1) is 29.6 Å². The molecule has 5 nitrogen and oxygen atoms in total. The summed E-state index contributed by atoms with van der Waals surface area (Å²) in [6.45, 7) is 1.56. The third kappa shape index (κ3) is 4.89. The topological polar surface area (TPSA) is 65.0 Å². The number of aliphatic hydroxyl groups is 1. The molecular weight excluding hydrogens is 440 g/mol. The number of carbonyl (C=O) groups is 1. The normalized spacial score (nSPS) is 28.1. The highest BCUT2D eigenvalue weighted by molar-refractivity contribution is 5.79. The molecule has 4 saturated carbocycles. The standard InChI is InChI=1S/C30H34O5/c1-3-34-29(33-2)35-28-15-24(27(32)11-9-23-6-4-5-7-25(23)19-31)8-10-26(28)30-16-20-12-21(17-30)14-22(13-20)18-30/h4-8,10,15,19-22,27,29,32H,3,12-14,16-18H2,1-2H3. The summed E-state index contributed by atoms with van der Waals surface area (Å²) in [6.07, 6.45) is 7.46. The third-order valence-electron chi connectivity index (χ3n) is 8.08. The van der Waals surface area contributed by atoms with Crippen LogP contribution in [-0.2, 0) is 14.9 Å². The Labute approximate surface area is 207 Å². The van der Waals surface area contributed by atoms with Crippen LogP contribution in [0.4, 0.5) is 0 Å². The van der Waals surface area contributed by atoms with Gasteiger partial charge in [0, 0.05) is 23.8 Å². The van der Waals surface area contributed by atoms with E-state index in [1.807, 2.05) is 25.1 Å². The minimum Gasteiger partial charge on any atom is -0.441 e. The van der Waals surface area contributed by atoms with Crippen molar-refractivity contribution in [1.82, 2.24) is 0 Å². The number of aliphatic hydroxyl groups excluding tert-OH is 1. The molecule has 5 heteroatoms. The number of hydrogen-bond acceptors (Lipinski definition) is 5. The second-order valence-electron chi connectivity index (χ2n) is 10.4. The van der Waals surface area contributed by atoms with E-state index in [1.54, 1.807) is 25.3 Å². The molecule has 4 aliphatic rings. The lowest BCUT2D eigenvalue weighted by Gasteiger charge is -2.57. The third-order valence-corrected chi connectivity index (χ3v) is 8.08. The zero-order valence-corrected chi connectivity index (χ0v) is 20.5. The van der Waals surface area contributed by atoms with Gasteiger partial charge in [0.25, 0.3) is 0 Å². The van der Waals surface area contributed by atoms with Crippen LogP contribution in [0.1, 0.15) is 78.6 Å². The van der Waals surface area contributed by atoms with E-state index in [9.17, 15) is 9.90 Å². The van der Waals surface area contributed by atoms with Crippen molar-refractivity contribution in [3.05, 3.63) is 64.7 Å². The molecule has 0 aliphatic heterocycles. The highest BCUT2D eigenvalue weighted by Gasteiger charge is 2.52. The summed E-state index contributed by atoms with van der Waals surface area (Å²) in [5.74, 6) is 8.95. The van der Waals surface area contributed by atoms with Gasteiger partial charge in [-0.2, -0.15) is 0 Å². The zero-order chi connectivity index (χ0) is 24.4. The van der Waals surface area contributed by atoms with Crippen LogP contribution >= 0.6 is 0 Å². The van der Waals surface area contributed by atoms with E-state index in [0.717, 1.165) is 24.0 Å². The first-order valence-electron chi connectivity index (χ1n) is 12.7. The lowest BCUT2D eigenvalue weighted by molar-refractivity contribution is -0.231. The van der Waals surface area contributed by atoms with Crippen LogP contribution < -0.4 is 4.74 Å². The fourth-order valence-corrected chi connectivity index (χ4v) is 7.02. The molecule has 0 aromatic heterocycles. The quantitative estimate of drug-likeness (QED) is 0.315. The summed E-state index contributed by atoms with van der Waals surface area (Å²) in [5, 5.41) is 10.9. The Kier molecular flexibility index (Phi) is 6.98. The molecule has 0 heterocycles. The predicted octanol–water partition coefficient (Wildman–Crippen LogP) is 5.40. The van der Waals surface area contributed by atoms with Crippen LogP contribution in [0.5, 0.6) is 5.75 Å². The Hall–Kier alpha value is -2.65. The molecule has 184 valence electrons. The van der Waals surface area contributed by atoms with Crippen LogP contribution in [0.3, 0.4) is 0 Å². The molecule has 2 aromatic carbocycles. The average molecular weight is 475 g/mol. The van der Waals surface area contributed by atoms with E-state index in [4.69, 9.17) is 14.2 Å². The number of benzene rings is 2. The number of rotatable bonds is 8. The lowest BCUT2D eigenvalue weighted by Crippen LogP contribution is -2.48. The van der Waals surface area contributed by atoms with Gasteiger partial charge in [-0.15, -0.1) is 0 Å². The van der Waals surface area contributed by atoms with Gasteiger partial charge in [0.1, 0.15) is 11.9 Å². The smallest absolute Gasteiger partial charge is 0.315 e. The highest BCUT2D eigenvalue weighted by atomic mass is 16.8. The van der Waals surface area contributed by atoms with Crippen molar-refractivity contribution < 1.29 is 24.1 Å². The Morgan fingerprint density at radius 1 is 1.09 bits per heavy atom. The second-order valence-corrected chi connectivity index (χ2v) is 10.4. The van der Waals surface area contributed by atoms with Crippen molar-refractivity contribution in [3.8, 4) is 17.6 Å². The molecule has 1 N–H and O–H groups in total. The van der Waals surface area contributed by atoms with Gasteiger partial charge in [-0.3, -0.25) is 4.79 Å². The molecule has 2 atom stereocenters. The van der Waals surface area contributed by atoms with E-state index in [0.29, 0.717) is 29.0 Å². The molecule has 2 unspecified atom stereocenters. The molecule has 4 fully saturated rings. The van der Waals surface area contributed by atoms with Crippen LogP contribution in [-0.4, -0.2) is 31.6 Å². The summed E-state index contributed by atoms with van der Waals surface area (Å²) in [6, 6.07) is 13.1. The summed E-state index contributed by atoms with van der Waals surface area (Å²) in [5.41, 5.74) is 3.07. The molecule has 6 rings (SSSR count). The minimum absolute atomic E-state index is 0.118. The maximum atomic E-state index is 11.3. The monoisotopic (exact) mass is 474 g/mol. The second kappa shape index (κ2) is 10.1. The van der Waals surface area contributed by atoms with Crippen LogP contribution in [0.15, 0.2) is 42.5 Å². The van der Waals surface area contributed by atoms with E-state index in [-0.39, 0.29) is 5.41 Å². The molecule has 35 heavy (non-hydrogen) atoms. The Morgan fingerprint density at radius 2 is 1.77 bits per heavy atom. The van der Waals surface area contributed by atoms with Crippen molar-refractivity contribution in [1.29, 1.82) is 0 Å². The zero-order valence-electron chi connectivity index (χ0n) is 20.5. The first kappa shape index (κ1) is 24.1. The minimum atomic E-state index is -1.02. The Morgan fingerprint density at radius 3 is 2.40 bits per heavy atom. The number of aldehydes is 1. The average Bonchev–Trinajstić information content (AvgIpc) is 2.86. The Bertz CT molecular complexity index is 1090. The van der Waals surface area contributed by atoms with Crippen molar-refractivity contribution in [3.63, 3.8) is 0 Å². The summed E-state index contributed by atoms with van der Waals surface area (Å²) < 4.78 is 17.3.